The second-order valence-corrected chi connectivity index (χ2v) is 9.57. The summed E-state index contributed by atoms with van der Waals surface area (Å²) in [7, 11) is -3.42. The van der Waals surface area contributed by atoms with Crippen molar-refractivity contribution in [1.29, 1.82) is 0 Å². The maximum absolute atomic E-state index is 12.7. The first-order valence-corrected chi connectivity index (χ1v) is 11.1. The highest BCUT2D eigenvalue weighted by atomic mass is 32.2. The molecule has 3 aromatic rings. The van der Waals surface area contributed by atoms with Crippen LogP contribution in [0.3, 0.4) is 0 Å². The molecule has 8 heteroatoms. The number of nitrogens with two attached hydrogens (primary N) is 1. The van der Waals surface area contributed by atoms with Crippen LogP contribution in [0, 0.1) is 0 Å². The van der Waals surface area contributed by atoms with Crippen LogP contribution in [-0.4, -0.2) is 29.3 Å². The first-order valence-electron chi connectivity index (χ1n) is 9.58. The van der Waals surface area contributed by atoms with E-state index in [2.05, 4.69) is 20.5 Å². The van der Waals surface area contributed by atoms with Gasteiger partial charge in [0.2, 0.25) is 5.95 Å². The van der Waals surface area contributed by atoms with Gasteiger partial charge >= 0.3 is 0 Å². The maximum Gasteiger partial charge on any atom is 0.243 e. The molecule has 30 heavy (non-hydrogen) atoms. The van der Waals surface area contributed by atoms with Crippen molar-refractivity contribution in [3.63, 3.8) is 0 Å². The molecule has 156 valence electrons. The molecule has 0 amide bonds. The van der Waals surface area contributed by atoms with Gasteiger partial charge in [-0.25, -0.2) is 23.8 Å². The van der Waals surface area contributed by atoms with E-state index in [-0.39, 0.29) is 4.90 Å². The smallest absolute Gasteiger partial charge is 0.243 e. The molecule has 0 aliphatic carbocycles. The van der Waals surface area contributed by atoms with Gasteiger partial charge in [0.05, 0.1) is 15.9 Å². The largest absolute Gasteiger partial charge is 0.326 e. The average molecular weight is 424 g/mol. The van der Waals surface area contributed by atoms with E-state index in [1.54, 1.807) is 50.5 Å². The molecule has 0 atom stereocenters. The summed E-state index contributed by atoms with van der Waals surface area (Å²) in [6.07, 6.45) is 3.18. The number of anilines is 1. The number of aromatic nitrogens is 2. The topological polar surface area (TPSA) is 110 Å². The van der Waals surface area contributed by atoms with Crippen LogP contribution in [0.4, 0.5) is 5.95 Å². The van der Waals surface area contributed by atoms with Crippen LogP contribution >= 0.6 is 0 Å². The minimum absolute atomic E-state index is 0.277. The van der Waals surface area contributed by atoms with E-state index in [0.717, 1.165) is 16.8 Å². The van der Waals surface area contributed by atoms with Gasteiger partial charge in [-0.15, -0.1) is 0 Å². The third-order valence-electron chi connectivity index (χ3n) is 4.71. The van der Waals surface area contributed by atoms with Gasteiger partial charge in [-0.1, -0.05) is 42.5 Å². The number of rotatable bonds is 7. The van der Waals surface area contributed by atoms with Crippen LogP contribution in [0.2, 0.25) is 0 Å². The average Bonchev–Trinajstić information content (AvgIpc) is 2.77. The van der Waals surface area contributed by atoms with Gasteiger partial charge in [-0.05, 0) is 38.0 Å². The number of hydrogen-bond donors (Lipinski definition) is 2. The predicted octanol–water partition coefficient (Wildman–Crippen LogP) is 3.62. The van der Waals surface area contributed by atoms with E-state index in [0.29, 0.717) is 23.6 Å². The number of hydrogen-bond acceptors (Lipinski definition) is 7. The Morgan fingerprint density at radius 1 is 1.07 bits per heavy atom. The maximum atomic E-state index is 12.7. The summed E-state index contributed by atoms with van der Waals surface area (Å²) in [5.41, 5.74) is 12.5. The molecule has 0 aliphatic heterocycles. The Bertz CT molecular complexity index is 1140. The molecule has 3 rings (SSSR count). The zero-order chi connectivity index (χ0) is 21.7. The number of nitrogens with zero attached hydrogens (tertiary/aromatic N) is 3. The molecule has 2 aromatic carbocycles. The van der Waals surface area contributed by atoms with Gasteiger partial charge in [-0.2, -0.15) is 5.10 Å². The zero-order valence-corrected chi connectivity index (χ0v) is 18.0. The highest BCUT2D eigenvalue weighted by molar-refractivity contribution is 7.92. The summed E-state index contributed by atoms with van der Waals surface area (Å²) < 4.78 is 25.3. The highest BCUT2D eigenvalue weighted by Crippen LogP contribution is 2.29. The van der Waals surface area contributed by atoms with Crippen LogP contribution in [-0.2, 0) is 16.4 Å². The van der Waals surface area contributed by atoms with E-state index < -0.39 is 15.1 Å². The normalized spacial score (nSPS) is 12.2. The molecule has 0 spiro atoms. The van der Waals surface area contributed by atoms with E-state index in [4.69, 9.17) is 5.73 Å². The standard InChI is InChI=1S/C22H25N5O2S/c1-15(2)30(28,29)21-7-5-4-6-20(21)19-13-24-22(25-14-19)27-26-16(3)18-10-8-17(12-23)9-11-18/h4-11,13-15H,12,23H2,1-3H3,(H,24,25,27)/b26-16+. The monoisotopic (exact) mass is 423 g/mol. The summed E-state index contributed by atoms with van der Waals surface area (Å²) in [5, 5.41) is 3.80. The fraction of sp³-hybridized carbons (Fsp3) is 0.227. The lowest BCUT2D eigenvalue weighted by atomic mass is 10.1. The zero-order valence-electron chi connectivity index (χ0n) is 17.2. The molecule has 0 bridgehead atoms. The van der Waals surface area contributed by atoms with Crippen molar-refractivity contribution in [2.24, 2.45) is 10.8 Å². The predicted molar refractivity (Wildman–Crippen MR) is 120 cm³/mol. The Kier molecular flexibility index (Phi) is 6.59. The van der Waals surface area contributed by atoms with Gasteiger partial charge in [0.25, 0.3) is 0 Å². The van der Waals surface area contributed by atoms with Crippen LogP contribution in [0.15, 0.2) is 70.9 Å². The van der Waals surface area contributed by atoms with Crippen LogP contribution in [0.5, 0.6) is 0 Å². The summed E-state index contributed by atoms with van der Waals surface area (Å²) >= 11 is 0. The Balaban J connectivity index is 1.81. The van der Waals surface area contributed by atoms with Crippen molar-refractivity contribution < 1.29 is 8.42 Å². The molecule has 0 saturated carbocycles. The minimum Gasteiger partial charge on any atom is -0.326 e. The molecule has 0 radical (unpaired) electrons. The third kappa shape index (κ3) is 4.72. The van der Waals surface area contributed by atoms with Crippen molar-refractivity contribution >= 4 is 21.5 Å². The van der Waals surface area contributed by atoms with Crippen LogP contribution < -0.4 is 11.2 Å². The van der Waals surface area contributed by atoms with Crippen molar-refractivity contribution in [2.75, 3.05) is 5.43 Å². The molecular weight excluding hydrogens is 398 g/mol. The quantitative estimate of drug-likeness (QED) is 0.444. The Morgan fingerprint density at radius 2 is 1.70 bits per heavy atom. The van der Waals surface area contributed by atoms with E-state index >= 15 is 0 Å². The lowest BCUT2D eigenvalue weighted by Gasteiger charge is -2.12. The van der Waals surface area contributed by atoms with Crippen molar-refractivity contribution in [3.05, 3.63) is 72.1 Å². The van der Waals surface area contributed by atoms with Crippen LogP contribution in [0.25, 0.3) is 11.1 Å². The summed E-state index contributed by atoms with van der Waals surface area (Å²) in [5.74, 6) is 0.320. The summed E-state index contributed by atoms with van der Waals surface area (Å²) in [6, 6.07) is 14.7. The second-order valence-electron chi connectivity index (χ2n) is 7.10. The molecule has 3 N–H and O–H groups in total. The number of benzene rings is 2. The van der Waals surface area contributed by atoms with Gasteiger partial charge in [0, 0.05) is 30.1 Å². The summed E-state index contributed by atoms with van der Waals surface area (Å²) in [6.45, 7) is 5.71. The fourth-order valence-electron chi connectivity index (χ4n) is 2.81. The van der Waals surface area contributed by atoms with Crippen molar-refractivity contribution in [3.8, 4) is 11.1 Å². The molecule has 0 saturated heterocycles. The minimum atomic E-state index is -3.42. The Hall–Kier alpha value is -3.10. The lowest BCUT2D eigenvalue weighted by molar-refractivity contribution is 0.587. The molecule has 1 heterocycles. The third-order valence-corrected chi connectivity index (χ3v) is 6.92. The second kappa shape index (κ2) is 9.15. The van der Waals surface area contributed by atoms with E-state index in [1.165, 1.54) is 0 Å². The Labute approximate surface area is 177 Å². The molecule has 0 fully saturated rings. The SMILES string of the molecule is C/C(=N\Nc1ncc(-c2ccccc2S(=O)(=O)C(C)C)cn1)c1ccc(CN)cc1. The first-order chi connectivity index (χ1) is 14.3. The number of hydrazone groups is 1. The first kappa shape index (κ1) is 21.6. The Morgan fingerprint density at radius 3 is 2.30 bits per heavy atom. The van der Waals surface area contributed by atoms with Crippen molar-refractivity contribution in [2.45, 2.75) is 37.5 Å². The van der Waals surface area contributed by atoms with Gasteiger partial charge < -0.3 is 5.73 Å². The van der Waals surface area contributed by atoms with E-state index in [1.807, 2.05) is 31.2 Å². The van der Waals surface area contributed by atoms with Gasteiger partial charge in [0.15, 0.2) is 9.84 Å². The number of sulfone groups is 1. The van der Waals surface area contributed by atoms with Crippen molar-refractivity contribution in [1.82, 2.24) is 9.97 Å². The lowest BCUT2D eigenvalue weighted by Crippen LogP contribution is -2.15. The fourth-order valence-corrected chi connectivity index (χ4v) is 4.08. The van der Waals surface area contributed by atoms with E-state index in [9.17, 15) is 8.42 Å². The molecule has 0 aliphatic rings. The van der Waals surface area contributed by atoms with Gasteiger partial charge in [0.1, 0.15) is 0 Å². The van der Waals surface area contributed by atoms with Crippen LogP contribution in [0.1, 0.15) is 31.9 Å². The number of nitrogens with one attached hydrogen (secondary N) is 1. The van der Waals surface area contributed by atoms with Gasteiger partial charge in [-0.3, -0.25) is 0 Å². The molecule has 7 nitrogen and oxygen atoms in total. The molecule has 0 unspecified atom stereocenters. The highest BCUT2D eigenvalue weighted by Gasteiger charge is 2.23. The molecule has 1 aromatic heterocycles. The summed E-state index contributed by atoms with van der Waals surface area (Å²) in [4.78, 5) is 8.83. The molecular formula is C22H25N5O2S.